The fourth-order valence-electron chi connectivity index (χ4n) is 2.53. The van der Waals surface area contributed by atoms with Crippen molar-refractivity contribution in [3.63, 3.8) is 0 Å². The topological polar surface area (TPSA) is 71.2 Å². The first-order valence-electron chi connectivity index (χ1n) is 6.25. The lowest BCUT2D eigenvalue weighted by molar-refractivity contribution is 0.00602. The number of aromatic nitrogens is 3. The molecule has 0 spiro atoms. The number of aryl methyl sites for hydroxylation is 3. The number of pyridine rings is 1. The highest BCUT2D eigenvalue weighted by Crippen LogP contribution is 2.24. The molecule has 6 nitrogen and oxygen atoms in total. The summed E-state index contributed by atoms with van der Waals surface area (Å²) in [4.78, 5) is 18.5. The van der Waals surface area contributed by atoms with Gasteiger partial charge in [0, 0.05) is 25.8 Å². The van der Waals surface area contributed by atoms with Crippen molar-refractivity contribution in [3.05, 3.63) is 23.0 Å². The minimum Gasteiger partial charge on any atom is -0.389 e. The van der Waals surface area contributed by atoms with E-state index in [1.165, 1.54) is 0 Å². The van der Waals surface area contributed by atoms with Crippen LogP contribution >= 0.6 is 0 Å². The summed E-state index contributed by atoms with van der Waals surface area (Å²) in [6, 6.07) is 1.80. The van der Waals surface area contributed by atoms with E-state index in [9.17, 15) is 9.90 Å². The molecule has 1 saturated heterocycles. The van der Waals surface area contributed by atoms with Crippen LogP contribution in [-0.2, 0) is 7.05 Å². The Labute approximate surface area is 110 Å². The standard InChI is InChI=1S/C13H16N4O2/c1-7-4-10(13(19)17-5-9(18)6-17)11-8(2)15-16(3)12(11)14-7/h4,9,18H,5-6H2,1-3H3. The average Bonchev–Trinajstić information content (AvgIpc) is 2.59. The molecule has 1 fully saturated rings. The van der Waals surface area contributed by atoms with E-state index in [2.05, 4.69) is 10.1 Å². The Bertz CT molecular complexity index is 671. The van der Waals surface area contributed by atoms with Gasteiger partial charge in [-0.1, -0.05) is 0 Å². The Morgan fingerprint density at radius 3 is 2.74 bits per heavy atom. The van der Waals surface area contributed by atoms with Crippen molar-refractivity contribution in [1.29, 1.82) is 0 Å². The molecule has 3 heterocycles. The van der Waals surface area contributed by atoms with Gasteiger partial charge in [0.2, 0.25) is 0 Å². The summed E-state index contributed by atoms with van der Waals surface area (Å²) in [6.45, 7) is 4.55. The van der Waals surface area contributed by atoms with Gasteiger partial charge < -0.3 is 10.0 Å². The third-order valence-electron chi connectivity index (χ3n) is 3.48. The average molecular weight is 260 g/mol. The molecule has 1 N–H and O–H groups in total. The van der Waals surface area contributed by atoms with Gasteiger partial charge in [-0.2, -0.15) is 5.10 Å². The second-order valence-corrected chi connectivity index (χ2v) is 5.08. The summed E-state index contributed by atoms with van der Waals surface area (Å²) in [7, 11) is 1.82. The van der Waals surface area contributed by atoms with Crippen molar-refractivity contribution < 1.29 is 9.90 Å². The minimum absolute atomic E-state index is 0.0584. The minimum atomic E-state index is -0.391. The molecule has 0 radical (unpaired) electrons. The van der Waals surface area contributed by atoms with E-state index in [4.69, 9.17) is 0 Å². The maximum atomic E-state index is 12.5. The van der Waals surface area contributed by atoms with Crippen molar-refractivity contribution in [3.8, 4) is 0 Å². The molecule has 0 atom stereocenters. The smallest absolute Gasteiger partial charge is 0.254 e. The van der Waals surface area contributed by atoms with E-state index in [-0.39, 0.29) is 5.91 Å². The number of amides is 1. The van der Waals surface area contributed by atoms with E-state index in [1.54, 1.807) is 15.6 Å². The van der Waals surface area contributed by atoms with Crippen LogP contribution in [0.15, 0.2) is 6.07 Å². The molecule has 1 aliphatic heterocycles. The number of β-amino-alcohol motifs (C(OH)–C–C–N with tert-alkyl or cyclic N) is 1. The first-order valence-corrected chi connectivity index (χ1v) is 6.25. The van der Waals surface area contributed by atoms with Crippen molar-refractivity contribution in [2.75, 3.05) is 13.1 Å². The van der Waals surface area contributed by atoms with Crippen LogP contribution in [0.4, 0.5) is 0 Å². The Kier molecular flexibility index (Phi) is 2.56. The van der Waals surface area contributed by atoms with Crippen molar-refractivity contribution in [2.45, 2.75) is 20.0 Å². The molecule has 0 unspecified atom stereocenters. The van der Waals surface area contributed by atoms with Crippen LogP contribution in [0.3, 0.4) is 0 Å². The Hall–Kier alpha value is -1.95. The quantitative estimate of drug-likeness (QED) is 0.805. The lowest BCUT2D eigenvalue weighted by Gasteiger charge is -2.36. The number of nitrogens with zero attached hydrogens (tertiary/aromatic N) is 4. The lowest BCUT2D eigenvalue weighted by atomic mass is 10.1. The van der Waals surface area contributed by atoms with Crippen LogP contribution in [-0.4, -0.2) is 49.9 Å². The lowest BCUT2D eigenvalue weighted by Crippen LogP contribution is -2.53. The summed E-state index contributed by atoms with van der Waals surface area (Å²) in [5.41, 5.74) is 2.94. The fourth-order valence-corrected chi connectivity index (χ4v) is 2.53. The van der Waals surface area contributed by atoms with E-state index in [1.807, 2.05) is 20.9 Å². The van der Waals surface area contributed by atoms with Gasteiger partial charge in [-0.05, 0) is 19.9 Å². The molecular weight excluding hydrogens is 244 g/mol. The zero-order valence-corrected chi connectivity index (χ0v) is 11.2. The molecule has 0 saturated carbocycles. The fraction of sp³-hybridized carbons (Fsp3) is 0.462. The first kappa shape index (κ1) is 12.1. The maximum Gasteiger partial charge on any atom is 0.254 e. The highest BCUT2D eigenvalue weighted by Gasteiger charge is 2.31. The third kappa shape index (κ3) is 1.79. The highest BCUT2D eigenvalue weighted by molar-refractivity contribution is 6.06. The number of aliphatic hydroxyl groups excluding tert-OH is 1. The summed E-state index contributed by atoms with van der Waals surface area (Å²) in [5, 5.41) is 14.4. The van der Waals surface area contributed by atoms with Gasteiger partial charge in [0.25, 0.3) is 5.91 Å². The number of aliphatic hydroxyl groups is 1. The second kappa shape index (κ2) is 4.03. The van der Waals surface area contributed by atoms with Gasteiger partial charge in [0.15, 0.2) is 5.65 Å². The van der Waals surface area contributed by atoms with Gasteiger partial charge in [-0.15, -0.1) is 0 Å². The highest BCUT2D eigenvalue weighted by atomic mass is 16.3. The number of hydrogen-bond acceptors (Lipinski definition) is 4. The summed E-state index contributed by atoms with van der Waals surface area (Å²) in [6.07, 6.45) is -0.391. The number of rotatable bonds is 1. The van der Waals surface area contributed by atoms with E-state index < -0.39 is 6.10 Å². The Morgan fingerprint density at radius 2 is 2.11 bits per heavy atom. The van der Waals surface area contributed by atoms with Crippen LogP contribution in [0.1, 0.15) is 21.7 Å². The van der Waals surface area contributed by atoms with Crippen LogP contribution in [0.5, 0.6) is 0 Å². The number of fused-ring (bicyclic) bond motifs is 1. The third-order valence-corrected chi connectivity index (χ3v) is 3.48. The normalized spacial score (nSPS) is 15.9. The predicted molar refractivity (Wildman–Crippen MR) is 69.9 cm³/mol. The molecule has 0 bridgehead atoms. The van der Waals surface area contributed by atoms with Crippen LogP contribution < -0.4 is 0 Å². The summed E-state index contributed by atoms with van der Waals surface area (Å²) in [5.74, 6) is -0.0584. The zero-order chi connectivity index (χ0) is 13.7. The molecule has 0 aromatic carbocycles. The molecule has 19 heavy (non-hydrogen) atoms. The van der Waals surface area contributed by atoms with Gasteiger partial charge in [0.05, 0.1) is 22.7 Å². The maximum absolute atomic E-state index is 12.5. The van der Waals surface area contributed by atoms with E-state index in [0.29, 0.717) is 18.7 Å². The van der Waals surface area contributed by atoms with Crippen molar-refractivity contribution >= 4 is 16.9 Å². The molecule has 2 aromatic heterocycles. The molecule has 100 valence electrons. The van der Waals surface area contributed by atoms with Crippen LogP contribution in [0.25, 0.3) is 11.0 Å². The number of hydrogen-bond donors (Lipinski definition) is 1. The largest absolute Gasteiger partial charge is 0.389 e. The van der Waals surface area contributed by atoms with Gasteiger partial charge >= 0.3 is 0 Å². The van der Waals surface area contributed by atoms with E-state index >= 15 is 0 Å². The van der Waals surface area contributed by atoms with Gasteiger partial charge in [-0.3, -0.25) is 9.48 Å². The molecule has 2 aromatic rings. The van der Waals surface area contributed by atoms with Crippen LogP contribution in [0.2, 0.25) is 0 Å². The molecular formula is C13H16N4O2. The molecule has 1 amide bonds. The number of carbonyl (C=O) groups excluding carboxylic acids is 1. The molecule has 0 aliphatic carbocycles. The van der Waals surface area contributed by atoms with Crippen LogP contribution in [0, 0.1) is 13.8 Å². The predicted octanol–water partition coefficient (Wildman–Crippen LogP) is 0.402. The Balaban J connectivity index is 2.14. The zero-order valence-electron chi connectivity index (χ0n) is 11.2. The van der Waals surface area contributed by atoms with Gasteiger partial charge in [0.1, 0.15) is 0 Å². The monoisotopic (exact) mass is 260 g/mol. The van der Waals surface area contributed by atoms with E-state index in [0.717, 1.165) is 22.4 Å². The summed E-state index contributed by atoms with van der Waals surface area (Å²) < 4.78 is 1.69. The van der Waals surface area contributed by atoms with Gasteiger partial charge in [-0.25, -0.2) is 4.98 Å². The molecule has 3 rings (SSSR count). The number of carbonyl (C=O) groups is 1. The van der Waals surface area contributed by atoms with Crippen molar-refractivity contribution in [1.82, 2.24) is 19.7 Å². The van der Waals surface area contributed by atoms with Crippen molar-refractivity contribution in [2.24, 2.45) is 7.05 Å². The second-order valence-electron chi connectivity index (χ2n) is 5.08. The Morgan fingerprint density at radius 1 is 1.42 bits per heavy atom. The SMILES string of the molecule is Cc1cc(C(=O)N2CC(O)C2)c2c(C)nn(C)c2n1. The first-order chi connectivity index (χ1) is 8.97. The molecule has 6 heteroatoms. The molecule has 1 aliphatic rings. The summed E-state index contributed by atoms with van der Waals surface area (Å²) >= 11 is 0. The number of likely N-dealkylation sites (tertiary alicyclic amines) is 1.